The second-order valence-corrected chi connectivity index (χ2v) is 8.39. The Hall–Kier alpha value is -1.06. The molecule has 1 atom stereocenters. The molecule has 0 saturated carbocycles. The van der Waals surface area contributed by atoms with E-state index in [2.05, 4.69) is 22.0 Å². The van der Waals surface area contributed by atoms with Crippen molar-refractivity contribution in [2.45, 2.75) is 12.7 Å². The van der Waals surface area contributed by atoms with Gasteiger partial charge in [-0.1, -0.05) is 29.3 Å². The summed E-state index contributed by atoms with van der Waals surface area (Å²) in [6.45, 7) is 1.86. The van der Waals surface area contributed by atoms with Crippen molar-refractivity contribution in [2.75, 3.05) is 0 Å². The van der Waals surface area contributed by atoms with E-state index in [0.717, 1.165) is 0 Å². The van der Waals surface area contributed by atoms with Crippen LogP contribution >= 0.6 is 49.6 Å². The monoisotopic (exact) mass is 403 g/mol. The highest BCUT2D eigenvalue weighted by Gasteiger charge is 2.33. The topological polar surface area (TPSA) is 63.9 Å². The van der Waals surface area contributed by atoms with Crippen LogP contribution < -0.4 is 5.11 Å². The van der Waals surface area contributed by atoms with E-state index >= 15 is 0 Å². The molecule has 0 aliphatic heterocycles. The number of carbonyl (C=O) groups is 1. The summed E-state index contributed by atoms with van der Waals surface area (Å²) in [5.41, 5.74) is 1.07. The first-order valence-electron chi connectivity index (χ1n) is 5.84. The summed E-state index contributed by atoms with van der Waals surface area (Å²) in [4.78, 5) is 11.7. The van der Waals surface area contributed by atoms with Gasteiger partial charge >= 0.3 is 0 Å². The van der Waals surface area contributed by atoms with Crippen LogP contribution in [0.25, 0.3) is 11.1 Å². The molecule has 108 valence electrons. The number of rotatable bonds is 3. The fraction of sp³-hybridized carbons (Fsp3) is 0.143. The Bertz CT molecular complexity index is 780. The van der Waals surface area contributed by atoms with Gasteiger partial charge in [0.25, 0.3) is 0 Å². The van der Waals surface area contributed by atoms with Crippen molar-refractivity contribution in [2.24, 2.45) is 0 Å². The molecule has 21 heavy (non-hydrogen) atoms. The van der Waals surface area contributed by atoms with E-state index in [1.165, 1.54) is 6.07 Å². The lowest BCUT2D eigenvalue weighted by atomic mass is 10.0. The molecule has 0 saturated heterocycles. The van der Waals surface area contributed by atoms with Crippen LogP contribution in [-0.4, -0.2) is 5.97 Å². The molecule has 1 aromatic heterocycles. The standard InChI is InChI=1S/C14H8BrCl2NO2S/c1-2-21-12(14(19)20)11(9(6-18)13(21)15)8-4-3-7(16)5-10(8)17/h3-5H,2H2,1H3. The first-order valence-corrected chi connectivity index (χ1v) is 8.78. The first-order chi connectivity index (χ1) is 9.92. The highest BCUT2D eigenvalue weighted by Crippen LogP contribution is 2.48. The molecule has 0 radical (unpaired) electrons. The van der Waals surface area contributed by atoms with Gasteiger partial charge in [-0.15, -0.1) is 0 Å². The Balaban J connectivity index is 2.91. The van der Waals surface area contributed by atoms with Crippen molar-refractivity contribution < 1.29 is 9.90 Å². The predicted molar refractivity (Wildman–Crippen MR) is 86.8 cm³/mol. The maximum atomic E-state index is 11.6. The zero-order valence-electron chi connectivity index (χ0n) is 10.7. The fourth-order valence-corrected chi connectivity index (χ4v) is 5.81. The number of nitriles is 1. The molecule has 0 bridgehead atoms. The van der Waals surface area contributed by atoms with E-state index in [-0.39, 0.29) is 10.4 Å². The lowest BCUT2D eigenvalue weighted by Gasteiger charge is -2.05. The van der Waals surface area contributed by atoms with Gasteiger partial charge in [0.1, 0.15) is 23.4 Å². The molecule has 0 amide bonds. The van der Waals surface area contributed by atoms with E-state index in [0.29, 0.717) is 30.7 Å². The SMILES string of the molecule is CC[s+]1c(Br)c(C#N)c(-c2ccc(Cl)cc2Cl)c1C(=O)[O-]. The van der Waals surface area contributed by atoms with Gasteiger partial charge in [0, 0.05) is 37.0 Å². The van der Waals surface area contributed by atoms with Crippen LogP contribution in [0.5, 0.6) is 0 Å². The van der Waals surface area contributed by atoms with Crippen molar-refractivity contribution in [1.82, 2.24) is 0 Å². The minimum absolute atomic E-state index is 0.102. The summed E-state index contributed by atoms with van der Waals surface area (Å²) < 4.78 is 0.577. The smallest absolute Gasteiger partial charge is 0.234 e. The van der Waals surface area contributed by atoms with E-state index < -0.39 is 16.4 Å². The number of carboxylic acid groups (broad SMARTS) is 1. The third kappa shape index (κ3) is 2.82. The molecule has 0 N–H and O–H groups in total. The summed E-state index contributed by atoms with van der Waals surface area (Å²) in [5.74, 6) is -0.729. The Morgan fingerprint density at radius 2 is 2.14 bits per heavy atom. The number of hydrogen-bond donors (Lipinski definition) is 0. The third-order valence-electron chi connectivity index (χ3n) is 2.92. The zero-order chi connectivity index (χ0) is 15.7. The molecule has 2 rings (SSSR count). The van der Waals surface area contributed by atoms with Gasteiger partial charge in [0.05, 0.1) is 10.6 Å². The second kappa shape index (κ2) is 6.37. The highest BCUT2D eigenvalue weighted by atomic mass is 79.9. The summed E-state index contributed by atoms with van der Waals surface area (Å²) in [7, 11) is -0.721. The maximum Gasteiger partial charge on any atom is 0.234 e. The first kappa shape index (κ1) is 16.3. The Kier molecular flexibility index (Phi) is 4.95. The minimum Gasteiger partial charge on any atom is -0.540 e. The van der Waals surface area contributed by atoms with Gasteiger partial charge in [-0.05, 0) is 19.1 Å². The van der Waals surface area contributed by atoms with Gasteiger partial charge < -0.3 is 9.90 Å². The van der Waals surface area contributed by atoms with Crippen molar-refractivity contribution >= 4 is 55.6 Å². The zero-order valence-corrected chi connectivity index (χ0v) is 14.7. The van der Waals surface area contributed by atoms with Gasteiger partial charge in [-0.25, -0.2) is 0 Å². The fourth-order valence-electron chi connectivity index (χ4n) is 2.07. The largest absolute Gasteiger partial charge is 0.540 e. The molecule has 1 aromatic carbocycles. The number of halogens is 3. The molecule has 1 unspecified atom stereocenters. The molecule has 0 aliphatic carbocycles. The van der Waals surface area contributed by atoms with E-state index in [1.54, 1.807) is 12.1 Å². The number of thiophene rings is 1. The van der Waals surface area contributed by atoms with Crippen molar-refractivity contribution in [1.29, 1.82) is 5.26 Å². The normalized spacial score (nSPS) is 11.3. The number of carboxylic acids is 1. The lowest BCUT2D eigenvalue weighted by Crippen LogP contribution is -2.22. The summed E-state index contributed by atoms with van der Waals surface area (Å²) in [6, 6.07) is 6.79. The molecule has 2 aromatic rings. The van der Waals surface area contributed by atoms with Crippen LogP contribution in [0.3, 0.4) is 0 Å². The minimum atomic E-state index is -1.29. The third-order valence-corrected chi connectivity index (χ3v) is 7.12. The lowest BCUT2D eigenvalue weighted by molar-refractivity contribution is -0.254. The molecule has 1 heterocycles. The molecule has 0 spiro atoms. The van der Waals surface area contributed by atoms with Crippen LogP contribution in [0.2, 0.25) is 10.0 Å². The quantitative estimate of drug-likeness (QED) is 0.710. The van der Waals surface area contributed by atoms with Gasteiger partial charge in [-0.2, -0.15) is 5.26 Å². The van der Waals surface area contributed by atoms with Crippen LogP contribution in [0.1, 0.15) is 22.2 Å². The van der Waals surface area contributed by atoms with Crippen LogP contribution in [0.4, 0.5) is 0 Å². The van der Waals surface area contributed by atoms with E-state index in [1.807, 2.05) is 6.92 Å². The van der Waals surface area contributed by atoms with E-state index in [4.69, 9.17) is 23.2 Å². The highest BCUT2D eigenvalue weighted by molar-refractivity contribution is 9.11. The predicted octanol–water partition coefficient (Wildman–Crippen LogP) is 4.43. The van der Waals surface area contributed by atoms with Crippen LogP contribution in [0, 0.1) is 11.3 Å². The molecular formula is C14H8BrCl2NO2S. The molecule has 7 heteroatoms. The van der Waals surface area contributed by atoms with Crippen LogP contribution in [0.15, 0.2) is 22.0 Å². The molecule has 3 nitrogen and oxygen atoms in total. The molecule has 0 aliphatic rings. The van der Waals surface area contributed by atoms with Crippen LogP contribution in [-0.2, 0) is 5.75 Å². The average Bonchev–Trinajstić information content (AvgIpc) is 2.70. The summed E-state index contributed by atoms with van der Waals surface area (Å²) in [6.07, 6.45) is 0. The number of nitrogens with zero attached hydrogens (tertiary/aromatic N) is 1. The number of carbonyl (C=O) groups excluding carboxylic acids is 1. The summed E-state index contributed by atoms with van der Waals surface area (Å²) in [5, 5.41) is 21.7. The number of hydrogen-bond acceptors (Lipinski definition) is 3. The number of aromatic carboxylic acids is 1. The van der Waals surface area contributed by atoms with E-state index in [9.17, 15) is 15.2 Å². The Morgan fingerprint density at radius 3 is 2.62 bits per heavy atom. The van der Waals surface area contributed by atoms with Gasteiger partial charge in [0.15, 0.2) is 0 Å². The maximum absolute atomic E-state index is 11.6. The second-order valence-electron chi connectivity index (χ2n) is 4.06. The van der Waals surface area contributed by atoms with Gasteiger partial charge in [0.2, 0.25) is 8.66 Å². The Labute approximate surface area is 142 Å². The summed E-state index contributed by atoms with van der Waals surface area (Å²) >= 11 is 15.4. The average molecular weight is 405 g/mol. The van der Waals surface area contributed by atoms with Gasteiger partial charge in [-0.3, -0.25) is 0 Å². The van der Waals surface area contributed by atoms with Crippen molar-refractivity contribution in [3.8, 4) is 17.2 Å². The van der Waals surface area contributed by atoms with Crippen molar-refractivity contribution in [3.05, 3.63) is 42.5 Å². The Morgan fingerprint density at radius 1 is 1.48 bits per heavy atom. The molecular weight excluding hydrogens is 397 g/mol. The van der Waals surface area contributed by atoms with Crippen molar-refractivity contribution in [3.63, 3.8) is 0 Å². The molecule has 0 fully saturated rings. The number of benzene rings is 1.